The molecule has 0 aromatic heterocycles. The van der Waals surface area contributed by atoms with Crippen molar-refractivity contribution in [1.29, 1.82) is 0 Å². The number of rotatable bonds is 16. The number of hydrogen-bond donors (Lipinski definition) is 1. The maximum Gasteiger partial charge on any atom is 0.330 e. The highest BCUT2D eigenvalue weighted by molar-refractivity contribution is 8.77. The smallest absolute Gasteiger partial charge is 0.330 e. The fourth-order valence-corrected chi connectivity index (χ4v) is 5.83. The fraction of sp³-hybridized carbons (Fsp3) is 0.842. The molecule has 24 heavy (non-hydrogen) atoms. The van der Waals surface area contributed by atoms with Crippen LogP contribution in [0.25, 0.3) is 0 Å². The fourth-order valence-electron chi connectivity index (χ4n) is 2.80. The molecule has 0 aromatic carbocycles. The first-order valence-corrected chi connectivity index (χ1v) is 12.0. The highest BCUT2D eigenvalue weighted by Crippen LogP contribution is 2.39. The number of unbranched alkanes of at least 4 members (excludes halogenated alkanes) is 7. The average Bonchev–Trinajstić information content (AvgIpc) is 3.11. The zero-order valence-electron chi connectivity index (χ0n) is 15.1. The van der Waals surface area contributed by atoms with Gasteiger partial charge in [0.1, 0.15) is 0 Å². The quantitative estimate of drug-likeness (QED) is 0.171. The molecule has 140 valence electrons. The van der Waals surface area contributed by atoms with Gasteiger partial charge < -0.3 is 10.1 Å². The van der Waals surface area contributed by atoms with E-state index < -0.39 is 0 Å². The second kappa shape index (κ2) is 16.3. The lowest BCUT2D eigenvalue weighted by molar-refractivity contribution is -0.137. The molecule has 0 amide bonds. The number of carbonyl (C=O) groups excluding carboxylic acids is 1. The predicted octanol–water partition coefficient (Wildman–Crippen LogP) is 5.36. The molecular formula is C19H35NO2S2. The van der Waals surface area contributed by atoms with Gasteiger partial charge in [0.25, 0.3) is 0 Å². The first-order chi connectivity index (χ1) is 11.8. The zero-order valence-corrected chi connectivity index (χ0v) is 16.7. The highest BCUT2D eigenvalue weighted by Gasteiger charge is 2.15. The van der Waals surface area contributed by atoms with Gasteiger partial charge in [-0.2, -0.15) is 0 Å². The van der Waals surface area contributed by atoms with Crippen molar-refractivity contribution >= 4 is 27.6 Å². The molecule has 1 saturated heterocycles. The molecule has 0 bridgehead atoms. The number of esters is 1. The summed E-state index contributed by atoms with van der Waals surface area (Å²) in [4.78, 5) is 10.8. The van der Waals surface area contributed by atoms with Crippen molar-refractivity contribution in [2.75, 3.05) is 25.4 Å². The molecule has 3 nitrogen and oxygen atoms in total. The molecule has 1 rings (SSSR count). The van der Waals surface area contributed by atoms with Gasteiger partial charge in [0.2, 0.25) is 0 Å². The number of nitrogens with one attached hydrogen (secondary N) is 1. The predicted molar refractivity (Wildman–Crippen MR) is 109 cm³/mol. The Hall–Kier alpha value is -0.130. The van der Waals surface area contributed by atoms with Gasteiger partial charge in [0, 0.05) is 17.1 Å². The summed E-state index contributed by atoms with van der Waals surface area (Å²) in [6.07, 6.45) is 16.0. The Balaban J connectivity index is 1.67. The second-order valence-corrected chi connectivity index (χ2v) is 9.21. The van der Waals surface area contributed by atoms with E-state index in [1.165, 1.54) is 76.0 Å². The lowest BCUT2D eigenvalue weighted by atomic mass is 10.1. The molecule has 1 heterocycles. The van der Waals surface area contributed by atoms with E-state index in [1.54, 1.807) is 0 Å². The van der Waals surface area contributed by atoms with E-state index in [0.29, 0.717) is 6.61 Å². The SMILES string of the molecule is C=CC(=O)OCCCNCCCCCCCCCCC1CCSS1. The van der Waals surface area contributed by atoms with Crippen LogP contribution in [0, 0.1) is 0 Å². The van der Waals surface area contributed by atoms with Crippen LogP contribution in [0.2, 0.25) is 0 Å². The van der Waals surface area contributed by atoms with E-state index in [2.05, 4.69) is 33.5 Å². The molecule has 1 fully saturated rings. The molecule has 5 heteroatoms. The van der Waals surface area contributed by atoms with E-state index in [9.17, 15) is 4.79 Å². The van der Waals surface area contributed by atoms with Crippen LogP contribution in [-0.4, -0.2) is 36.7 Å². The van der Waals surface area contributed by atoms with Gasteiger partial charge in [0.05, 0.1) is 6.61 Å². The molecule has 1 atom stereocenters. The van der Waals surface area contributed by atoms with Crippen molar-refractivity contribution in [2.24, 2.45) is 0 Å². The third-order valence-corrected chi connectivity index (χ3v) is 7.27. The molecule has 0 aromatic rings. The van der Waals surface area contributed by atoms with Crippen molar-refractivity contribution in [2.45, 2.75) is 75.9 Å². The van der Waals surface area contributed by atoms with Crippen LogP contribution in [-0.2, 0) is 9.53 Å². The van der Waals surface area contributed by atoms with Crippen LogP contribution < -0.4 is 5.32 Å². The Labute approximate surface area is 156 Å². The summed E-state index contributed by atoms with van der Waals surface area (Å²) in [5.41, 5.74) is 0. The van der Waals surface area contributed by atoms with Crippen molar-refractivity contribution < 1.29 is 9.53 Å². The maximum atomic E-state index is 10.8. The minimum Gasteiger partial charge on any atom is -0.462 e. The van der Waals surface area contributed by atoms with Crippen LogP contribution in [0.1, 0.15) is 70.6 Å². The van der Waals surface area contributed by atoms with Gasteiger partial charge in [-0.1, -0.05) is 73.1 Å². The third-order valence-electron chi connectivity index (χ3n) is 4.27. The first-order valence-electron chi connectivity index (χ1n) is 9.61. The highest BCUT2D eigenvalue weighted by atomic mass is 33.1. The lowest BCUT2D eigenvalue weighted by Gasteiger charge is -2.07. The van der Waals surface area contributed by atoms with Gasteiger partial charge >= 0.3 is 5.97 Å². The summed E-state index contributed by atoms with van der Waals surface area (Å²) in [6.45, 7) is 5.85. The maximum absolute atomic E-state index is 10.8. The van der Waals surface area contributed by atoms with E-state index in [-0.39, 0.29) is 5.97 Å². The molecule has 1 aliphatic heterocycles. The molecule has 0 spiro atoms. The van der Waals surface area contributed by atoms with Gasteiger partial charge in [0.15, 0.2) is 0 Å². The molecule has 0 radical (unpaired) electrons. The van der Waals surface area contributed by atoms with Crippen molar-refractivity contribution in [3.8, 4) is 0 Å². The van der Waals surface area contributed by atoms with E-state index >= 15 is 0 Å². The molecule has 0 saturated carbocycles. The van der Waals surface area contributed by atoms with Gasteiger partial charge in [-0.25, -0.2) is 4.79 Å². The second-order valence-electron chi connectivity index (χ2n) is 6.42. The monoisotopic (exact) mass is 373 g/mol. The number of hydrogen-bond acceptors (Lipinski definition) is 5. The van der Waals surface area contributed by atoms with Crippen LogP contribution in [0.4, 0.5) is 0 Å². The minimum absolute atomic E-state index is 0.327. The number of carbonyl (C=O) groups is 1. The Morgan fingerprint density at radius 3 is 2.38 bits per heavy atom. The molecule has 0 aliphatic carbocycles. The summed E-state index contributed by atoms with van der Waals surface area (Å²) in [5.74, 6) is 1.04. The Kier molecular flexibility index (Phi) is 14.9. The van der Waals surface area contributed by atoms with Crippen LogP contribution in [0.3, 0.4) is 0 Å². The lowest BCUT2D eigenvalue weighted by Crippen LogP contribution is -2.18. The Morgan fingerprint density at radius 2 is 1.71 bits per heavy atom. The molecule has 1 aliphatic rings. The van der Waals surface area contributed by atoms with E-state index in [4.69, 9.17) is 4.74 Å². The Bertz CT molecular complexity index is 320. The standard InChI is InChI=1S/C19H35NO2S2/c1-2-19(21)22-16-11-15-20-14-10-8-6-4-3-5-7-9-12-18-13-17-23-24-18/h2,18,20H,1,3-17H2. The largest absolute Gasteiger partial charge is 0.462 e. The van der Waals surface area contributed by atoms with Crippen molar-refractivity contribution in [3.05, 3.63) is 12.7 Å². The average molecular weight is 374 g/mol. The minimum atomic E-state index is -0.327. The van der Waals surface area contributed by atoms with Crippen molar-refractivity contribution in [3.63, 3.8) is 0 Å². The Morgan fingerprint density at radius 1 is 1.04 bits per heavy atom. The van der Waals surface area contributed by atoms with E-state index in [1.807, 2.05) is 0 Å². The molecular weight excluding hydrogens is 338 g/mol. The van der Waals surface area contributed by atoms with Crippen LogP contribution in [0.15, 0.2) is 12.7 Å². The topological polar surface area (TPSA) is 38.3 Å². The van der Waals surface area contributed by atoms with Gasteiger partial charge in [-0.05, 0) is 38.8 Å². The zero-order chi connectivity index (χ0) is 17.3. The molecule has 1 unspecified atom stereocenters. The van der Waals surface area contributed by atoms with E-state index in [0.717, 1.165) is 24.8 Å². The third kappa shape index (κ3) is 13.2. The first kappa shape index (κ1) is 21.9. The number of ether oxygens (including phenoxy) is 1. The van der Waals surface area contributed by atoms with Crippen LogP contribution in [0.5, 0.6) is 0 Å². The normalized spacial score (nSPS) is 17.1. The summed E-state index contributed by atoms with van der Waals surface area (Å²) >= 11 is 0. The van der Waals surface area contributed by atoms with Gasteiger partial charge in [-0.15, -0.1) is 0 Å². The summed E-state index contributed by atoms with van der Waals surface area (Å²) in [6, 6.07) is 0. The molecule has 1 N–H and O–H groups in total. The van der Waals surface area contributed by atoms with Gasteiger partial charge in [-0.3, -0.25) is 0 Å². The summed E-state index contributed by atoms with van der Waals surface area (Å²) in [7, 11) is 4.17. The van der Waals surface area contributed by atoms with Crippen LogP contribution >= 0.6 is 21.6 Å². The summed E-state index contributed by atoms with van der Waals surface area (Å²) < 4.78 is 4.92. The van der Waals surface area contributed by atoms with Crippen molar-refractivity contribution in [1.82, 2.24) is 5.32 Å². The summed E-state index contributed by atoms with van der Waals surface area (Å²) in [5, 5.41) is 4.36.